The van der Waals surface area contributed by atoms with Gasteiger partial charge in [-0.25, -0.2) is 0 Å². The number of halogens is 1. The molecule has 21 heavy (non-hydrogen) atoms. The molecule has 3 heteroatoms. The van der Waals surface area contributed by atoms with Crippen LogP contribution in [0.2, 0.25) is 0 Å². The summed E-state index contributed by atoms with van der Waals surface area (Å²) in [7, 11) is 0. The van der Waals surface area contributed by atoms with Gasteiger partial charge in [-0.2, -0.15) is 0 Å². The van der Waals surface area contributed by atoms with Gasteiger partial charge in [-0.15, -0.1) is 0 Å². The fraction of sp³-hybridized carbons (Fsp3) is 0.389. The van der Waals surface area contributed by atoms with Crippen LogP contribution >= 0.6 is 15.9 Å². The molecular weight excluding hydrogens is 324 g/mol. The summed E-state index contributed by atoms with van der Waals surface area (Å²) < 4.78 is 1.04. The van der Waals surface area contributed by atoms with E-state index in [1.165, 1.54) is 11.1 Å². The SMILES string of the molecule is CCNCC(Cc1ccc(C)cc1)Cc1ccc(Br)cn1. The Morgan fingerprint density at radius 2 is 1.86 bits per heavy atom. The van der Waals surface area contributed by atoms with Crippen LogP contribution in [0, 0.1) is 12.8 Å². The Morgan fingerprint density at radius 3 is 2.48 bits per heavy atom. The number of hydrogen-bond acceptors (Lipinski definition) is 2. The highest BCUT2D eigenvalue weighted by Crippen LogP contribution is 2.15. The highest BCUT2D eigenvalue weighted by atomic mass is 79.9. The van der Waals surface area contributed by atoms with E-state index >= 15 is 0 Å². The van der Waals surface area contributed by atoms with E-state index in [9.17, 15) is 0 Å². The molecule has 2 aromatic rings. The maximum absolute atomic E-state index is 4.51. The first-order valence-corrected chi connectivity index (χ1v) is 8.33. The van der Waals surface area contributed by atoms with E-state index < -0.39 is 0 Å². The lowest BCUT2D eigenvalue weighted by atomic mass is 9.94. The maximum Gasteiger partial charge on any atom is 0.0413 e. The van der Waals surface area contributed by atoms with Crippen molar-refractivity contribution < 1.29 is 0 Å². The molecule has 0 radical (unpaired) electrons. The molecule has 1 atom stereocenters. The molecule has 1 aromatic carbocycles. The molecule has 0 fully saturated rings. The average Bonchev–Trinajstić information content (AvgIpc) is 2.49. The first-order valence-electron chi connectivity index (χ1n) is 7.54. The average molecular weight is 347 g/mol. The van der Waals surface area contributed by atoms with Crippen LogP contribution in [0.5, 0.6) is 0 Å². The van der Waals surface area contributed by atoms with E-state index in [1.54, 1.807) is 0 Å². The molecule has 1 heterocycles. The molecular formula is C18H23BrN2. The van der Waals surface area contributed by atoms with E-state index in [0.717, 1.165) is 36.1 Å². The smallest absolute Gasteiger partial charge is 0.0413 e. The topological polar surface area (TPSA) is 24.9 Å². The zero-order valence-corrected chi connectivity index (χ0v) is 14.4. The van der Waals surface area contributed by atoms with Crippen molar-refractivity contribution in [2.24, 2.45) is 5.92 Å². The van der Waals surface area contributed by atoms with Gasteiger partial charge in [0.2, 0.25) is 0 Å². The van der Waals surface area contributed by atoms with Gasteiger partial charge >= 0.3 is 0 Å². The number of nitrogens with one attached hydrogen (secondary N) is 1. The van der Waals surface area contributed by atoms with Gasteiger partial charge in [0.05, 0.1) is 0 Å². The Kier molecular flexibility index (Phi) is 6.40. The fourth-order valence-electron chi connectivity index (χ4n) is 2.45. The summed E-state index contributed by atoms with van der Waals surface area (Å²) in [5, 5.41) is 3.47. The lowest BCUT2D eigenvalue weighted by molar-refractivity contribution is 0.473. The number of rotatable bonds is 7. The largest absolute Gasteiger partial charge is 0.317 e. The van der Waals surface area contributed by atoms with Gasteiger partial charge in [-0.3, -0.25) is 4.98 Å². The summed E-state index contributed by atoms with van der Waals surface area (Å²) >= 11 is 3.44. The lowest BCUT2D eigenvalue weighted by Crippen LogP contribution is -2.26. The van der Waals surface area contributed by atoms with Gasteiger partial charge in [0.25, 0.3) is 0 Å². The van der Waals surface area contributed by atoms with Crippen molar-refractivity contribution in [3.05, 3.63) is 63.9 Å². The molecule has 0 saturated carbocycles. The quantitative estimate of drug-likeness (QED) is 0.813. The van der Waals surface area contributed by atoms with E-state index in [0.29, 0.717) is 5.92 Å². The Balaban J connectivity index is 2.02. The van der Waals surface area contributed by atoms with Crippen molar-refractivity contribution in [1.29, 1.82) is 0 Å². The lowest BCUT2D eigenvalue weighted by Gasteiger charge is -2.17. The third-order valence-corrected chi connectivity index (χ3v) is 4.08. The predicted octanol–water partition coefficient (Wildman–Crippen LogP) is 4.16. The van der Waals surface area contributed by atoms with Crippen LogP contribution in [0.25, 0.3) is 0 Å². The summed E-state index contributed by atoms with van der Waals surface area (Å²) in [6, 6.07) is 13.0. The van der Waals surface area contributed by atoms with Crippen LogP contribution in [0.4, 0.5) is 0 Å². The van der Waals surface area contributed by atoms with Crippen molar-refractivity contribution in [3.8, 4) is 0 Å². The van der Waals surface area contributed by atoms with Gasteiger partial charge in [-0.1, -0.05) is 36.8 Å². The molecule has 1 unspecified atom stereocenters. The van der Waals surface area contributed by atoms with Crippen LogP contribution in [0.15, 0.2) is 47.1 Å². The third kappa shape index (κ3) is 5.60. The summed E-state index contributed by atoms with van der Waals surface area (Å²) in [5.74, 6) is 0.571. The molecule has 0 bridgehead atoms. The van der Waals surface area contributed by atoms with Crippen LogP contribution in [0.3, 0.4) is 0 Å². The molecule has 0 spiro atoms. The number of nitrogens with zero attached hydrogens (tertiary/aromatic N) is 1. The minimum absolute atomic E-state index is 0.571. The normalized spacial score (nSPS) is 12.3. The van der Waals surface area contributed by atoms with Gasteiger partial charge < -0.3 is 5.32 Å². The number of hydrogen-bond donors (Lipinski definition) is 1. The van der Waals surface area contributed by atoms with Crippen molar-refractivity contribution in [1.82, 2.24) is 10.3 Å². The van der Waals surface area contributed by atoms with Crippen LogP contribution in [0.1, 0.15) is 23.7 Å². The molecule has 1 N–H and O–H groups in total. The summed E-state index contributed by atoms with van der Waals surface area (Å²) in [5.41, 5.74) is 3.88. The first-order chi connectivity index (χ1) is 10.2. The summed E-state index contributed by atoms with van der Waals surface area (Å²) in [4.78, 5) is 4.51. The van der Waals surface area contributed by atoms with Crippen molar-refractivity contribution in [2.75, 3.05) is 13.1 Å². The van der Waals surface area contributed by atoms with E-state index in [2.05, 4.69) is 76.5 Å². The number of aryl methyl sites for hydroxylation is 1. The van der Waals surface area contributed by atoms with Crippen molar-refractivity contribution in [3.63, 3.8) is 0 Å². The van der Waals surface area contributed by atoms with Gasteiger partial charge in [0.1, 0.15) is 0 Å². The number of pyridine rings is 1. The molecule has 0 amide bonds. The Bertz CT molecular complexity index is 487. The first kappa shape index (κ1) is 16.2. The number of benzene rings is 1. The fourth-order valence-corrected chi connectivity index (χ4v) is 2.68. The summed E-state index contributed by atoms with van der Waals surface area (Å²) in [6.45, 7) is 6.33. The Morgan fingerprint density at radius 1 is 1.10 bits per heavy atom. The van der Waals surface area contributed by atoms with Crippen LogP contribution in [-0.2, 0) is 12.8 Å². The minimum Gasteiger partial charge on any atom is -0.317 e. The zero-order chi connectivity index (χ0) is 15.1. The monoisotopic (exact) mass is 346 g/mol. The van der Waals surface area contributed by atoms with Crippen molar-refractivity contribution in [2.45, 2.75) is 26.7 Å². The maximum atomic E-state index is 4.51. The molecule has 0 aliphatic heterocycles. The van der Waals surface area contributed by atoms with E-state index in [4.69, 9.17) is 0 Å². The highest BCUT2D eigenvalue weighted by Gasteiger charge is 2.11. The molecule has 2 rings (SSSR count). The molecule has 112 valence electrons. The second-order valence-corrected chi connectivity index (χ2v) is 6.45. The van der Waals surface area contributed by atoms with Gasteiger partial charge in [0.15, 0.2) is 0 Å². The van der Waals surface area contributed by atoms with Crippen LogP contribution in [-0.4, -0.2) is 18.1 Å². The molecule has 0 saturated heterocycles. The molecule has 0 aliphatic carbocycles. The third-order valence-electron chi connectivity index (χ3n) is 3.61. The second-order valence-electron chi connectivity index (χ2n) is 5.54. The van der Waals surface area contributed by atoms with Crippen LogP contribution < -0.4 is 5.32 Å². The summed E-state index contributed by atoms with van der Waals surface area (Å²) in [6.07, 6.45) is 3.98. The predicted molar refractivity (Wildman–Crippen MR) is 92.6 cm³/mol. The Labute approximate surface area is 136 Å². The highest BCUT2D eigenvalue weighted by molar-refractivity contribution is 9.10. The molecule has 2 nitrogen and oxygen atoms in total. The molecule has 0 aliphatic rings. The van der Waals surface area contributed by atoms with E-state index in [-0.39, 0.29) is 0 Å². The van der Waals surface area contributed by atoms with Gasteiger partial charge in [-0.05, 0) is 72.4 Å². The van der Waals surface area contributed by atoms with Gasteiger partial charge in [0, 0.05) is 16.4 Å². The number of aromatic nitrogens is 1. The Hall–Kier alpha value is -1.19. The van der Waals surface area contributed by atoms with E-state index in [1.807, 2.05) is 6.20 Å². The second kappa shape index (κ2) is 8.30. The molecule has 1 aromatic heterocycles. The van der Waals surface area contributed by atoms with Crippen molar-refractivity contribution >= 4 is 15.9 Å². The zero-order valence-electron chi connectivity index (χ0n) is 12.8. The minimum atomic E-state index is 0.571. The standard InChI is InChI=1S/C18H23BrN2/c1-3-20-12-16(10-15-6-4-14(2)5-7-15)11-18-9-8-17(19)13-21-18/h4-9,13,16,20H,3,10-12H2,1-2H3.